The van der Waals surface area contributed by atoms with Gasteiger partial charge in [-0.3, -0.25) is 0 Å². The molecule has 0 radical (unpaired) electrons. The predicted octanol–water partition coefficient (Wildman–Crippen LogP) is 4.53. The molecule has 0 saturated heterocycles. The molecule has 2 aromatic carbocycles. The van der Waals surface area contributed by atoms with Crippen molar-refractivity contribution < 1.29 is 5.11 Å². The first-order valence-corrected chi connectivity index (χ1v) is 8.17. The summed E-state index contributed by atoms with van der Waals surface area (Å²) < 4.78 is 0. The second kappa shape index (κ2) is 5.10. The number of aromatic nitrogens is 3. The molecule has 0 aliphatic heterocycles. The van der Waals surface area contributed by atoms with E-state index in [1.54, 1.807) is 11.8 Å². The standard InChI is InChI=1S/C17H15N3OS/c1-2-22-10-7-8-12-11(9-10)15(17(21)20-12)16-18-13-5-3-4-6-14(13)19-16/h3-9,20-21H,2H2,1H3,(H,18,19). The Morgan fingerprint density at radius 1 is 1.09 bits per heavy atom. The van der Waals surface area contributed by atoms with Gasteiger partial charge in [-0.15, -0.1) is 11.8 Å². The zero-order valence-corrected chi connectivity index (χ0v) is 12.9. The molecule has 2 aromatic heterocycles. The number of fused-ring (bicyclic) bond motifs is 2. The average Bonchev–Trinajstić information content (AvgIpc) is 3.06. The highest BCUT2D eigenvalue weighted by Gasteiger charge is 2.16. The molecule has 0 amide bonds. The van der Waals surface area contributed by atoms with Crippen molar-refractivity contribution in [2.24, 2.45) is 0 Å². The van der Waals surface area contributed by atoms with E-state index in [9.17, 15) is 5.11 Å². The summed E-state index contributed by atoms with van der Waals surface area (Å²) in [7, 11) is 0. The summed E-state index contributed by atoms with van der Waals surface area (Å²) >= 11 is 1.78. The van der Waals surface area contributed by atoms with Gasteiger partial charge in [0.1, 0.15) is 5.82 Å². The van der Waals surface area contributed by atoms with Gasteiger partial charge in [-0.2, -0.15) is 0 Å². The molecule has 4 nitrogen and oxygen atoms in total. The van der Waals surface area contributed by atoms with E-state index in [1.165, 1.54) is 4.90 Å². The number of imidazole rings is 1. The van der Waals surface area contributed by atoms with Crippen LogP contribution in [0.1, 0.15) is 6.92 Å². The Labute approximate surface area is 131 Å². The first-order chi connectivity index (χ1) is 10.8. The van der Waals surface area contributed by atoms with Gasteiger partial charge in [0.2, 0.25) is 5.88 Å². The maximum absolute atomic E-state index is 10.3. The highest BCUT2D eigenvalue weighted by Crippen LogP contribution is 2.37. The van der Waals surface area contributed by atoms with Gasteiger partial charge >= 0.3 is 0 Å². The summed E-state index contributed by atoms with van der Waals surface area (Å²) in [5, 5.41) is 11.3. The third-order valence-electron chi connectivity index (χ3n) is 3.69. The number of nitrogens with one attached hydrogen (secondary N) is 2. The third-order valence-corrected chi connectivity index (χ3v) is 4.56. The van der Waals surface area contributed by atoms with Gasteiger partial charge < -0.3 is 15.1 Å². The molecule has 0 aliphatic carbocycles. The quantitative estimate of drug-likeness (QED) is 0.487. The van der Waals surface area contributed by atoms with E-state index in [4.69, 9.17) is 0 Å². The number of aromatic hydroxyl groups is 1. The first-order valence-electron chi connectivity index (χ1n) is 7.19. The van der Waals surface area contributed by atoms with Gasteiger partial charge in [0, 0.05) is 15.8 Å². The minimum absolute atomic E-state index is 0.146. The summed E-state index contributed by atoms with van der Waals surface area (Å²) in [6, 6.07) is 14.0. The van der Waals surface area contributed by atoms with Crippen LogP contribution in [0.5, 0.6) is 5.88 Å². The van der Waals surface area contributed by atoms with Crippen LogP contribution in [0, 0.1) is 0 Å². The Balaban J connectivity index is 1.96. The summed E-state index contributed by atoms with van der Waals surface area (Å²) in [6.07, 6.45) is 0. The Kier molecular flexibility index (Phi) is 3.08. The van der Waals surface area contributed by atoms with Crippen LogP contribution in [-0.4, -0.2) is 25.8 Å². The van der Waals surface area contributed by atoms with Crippen LogP contribution in [-0.2, 0) is 0 Å². The van der Waals surface area contributed by atoms with Gasteiger partial charge in [-0.1, -0.05) is 19.1 Å². The molecule has 0 atom stereocenters. The molecule has 4 aromatic rings. The number of para-hydroxylation sites is 2. The Hall–Kier alpha value is -2.40. The number of benzene rings is 2. The van der Waals surface area contributed by atoms with E-state index < -0.39 is 0 Å². The van der Waals surface area contributed by atoms with Crippen molar-refractivity contribution in [3.8, 4) is 17.3 Å². The van der Waals surface area contributed by atoms with Crippen molar-refractivity contribution in [1.82, 2.24) is 15.0 Å². The van der Waals surface area contributed by atoms with E-state index in [2.05, 4.69) is 34.0 Å². The first kappa shape index (κ1) is 13.3. The summed E-state index contributed by atoms with van der Waals surface area (Å²) in [5.41, 5.74) is 3.49. The van der Waals surface area contributed by atoms with Crippen molar-refractivity contribution >= 4 is 33.7 Å². The summed E-state index contributed by atoms with van der Waals surface area (Å²) in [6.45, 7) is 2.13. The molecule has 3 N–H and O–H groups in total. The minimum Gasteiger partial charge on any atom is -0.494 e. The number of rotatable bonds is 3. The van der Waals surface area contributed by atoms with Crippen molar-refractivity contribution in [3.05, 3.63) is 42.5 Å². The van der Waals surface area contributed by atoms with Gasteiger partial charge in [0.15, 0.2) is 0 Å². The third kappa shape index (κ3) is 2.05. The number of H-pyrrole nitrogens is 2. The molecule has 2 heterocycles. The topological polar surface area (TPSA) is 64.7 Å². The van der Waals surface area contributed by atoms with Gasteiger partial charge in [-0.25, -0.2) is 4.98 Å². The summed E-state index contributed by atoms with van der Waals surface area (Å²) in [5.74, 6) is 1.85. The molecule has 0 saturated carbocycles. The lowest BCUT2D eigenvalue weighted by Crippen LogP contribution is -1.80. The molecular formula is C17H15N3OS. The molecule has 110 valence electrons. The van der Waals surface area contributed by atoms with Crippen LogP contribution >= 0.6 is 11.8 Å². The number of hydrogen-bond acceptors (Lipinski definition) is 3. The number of aromatic amines is 2. The molecule has 22 heavy (non-hydrogen) atoms. The second-order valence-electron chi connectivity index (χ2n) is 5.09. The lowest BCUT2D eigenvalue weighted by molar-refractivity contribution is 0.460. The highest BCUT2D eigenvalue weighted by atomic mass is 32.2. The molecule has 0 fully saturated rings. The van der Waals surface area contributed by atoms with Crippen LogP contribution in [0.3, 0.4) is 0 Å². The lowest BCUT2D eigenvalue weighted by Gasteiger charge is -2.00. The Bertz CT molecular complexity index is 938. The van der Waals surface area contributed by atoms with Gasteiger partial charge in [-0.05, 0) is 36.1 Å². The molecule has 5 heteroatoms. The van der Waals surface area contributed by atoms with Crippen LogP contribution in [0.25, 0.3) is 33.3 Å². The maximum Gasteiger partial charge on any atom is 0.200 e. The number of thioether (sulfide) groups is 1. The fraction of sp³-hybridized carbons (Fsp3) is 0.118. The monoisotopic (exact) mass is 309 g/mol. The molecule has 0 aliphatic rings. The Morgan fingerprint density at radius 3 is 2.77 bits per heavy atom. The predicted molar refractivity (Wildman–Crippen MR) is 91.4 cm³/mol. The van der Waals surface area contributed by atoms with E-state index in [0.29, 0.717) is 5.82 Å². The highest BCUT2D eigenvalue weighted by molar-refractivity contribution is 7.99. The normalized spacial score (nSPS) is 11.5. The van der Waals surface area contributed by atoms with E-state index >= 15 is 0 Å². The van der Waals surface area contributed by atoms with Gasteiger partial charge in [0.25, 0.3) is 0 Å². The molecule has 4 rings (SSSR count). The zero-order valence-electron chi connectivity index (χ0n) is 12.1. The fourth-order valence-electron chi connectivity index (χ4n) is 2.72. The molecular weight excluding hydrogens is 294 g/mol. The minimum atomic E-state index is 0.146. The largest absolute Gasteiger partial charge is 0.494 e. The average molecular weight is 309 g/mol. The smallest absolute Gasteiger partial charge is 0.200 e. The van der Waals surface area contributed by atoms with E-state index in [-0.39, 0.29) is 5.88 Å². The van der Waals surface area contributed by atoms with Crippen LogP contribution in [0.4, 0.5) is 0 Å². The number of hydrogen-bond donors (Lipinski definition) is 3. The molecule has 0 spiro atoms. The van der Waals surface area contributed by atoms with Crippen LogP contribution in [0.15, 0.2) is 47.4 Å². The van der Waals surface area contributed by atoms with Crippen LogP contribution < -0.4 is 0 Å². The van der Waals surface area contributed by atoms with E-state index in [0.717, 1.165) is 33.3 Å². The van der Waals surface area contributed by atoms with Crippen molar-refractivity contribution in [1.29, 1.82) is 0 Å². The maximum atomic E-state index is 10.3. The van der Waals surface area contributed by atoms with Crippen molar-refractivity contribution in [3.63, 3.8) is 0 Å². The molecule has 0 bridgehead atoms. The fourth-order valence-corrected chi connectivity index (χ4v) is 3.42. The van der Waals surface area contributed by atoms with E-state index in [1.807, 2.05) is 30.3 Å². The van der Waals surface area contributed by atoms with Gasteiger partial charge in [0.05, 0.1) is 16.6 Å². The lowest BCUT2D eigenvalue weighted by atomic mass is 10.1. The second-order valence-corrected chi connectivity index (χ2v) is 6.43. The number of nitrogens with zero attached hydrogens (tertiary/aromatic N) is 1. The Morgan fingerprint density at radius 2 is 1.95 bits per heavy atom. The SMILES string of the molecule is CCSc1ccc2[nH]c(O)c(-c3nc4ccccc4[nH]3)c2c1. The summed E-state index contributed by atoms with van der Waals surface area (Å²) in [4.78, 5) is 12.1. The molecule has 0 unspecified atom stereocenters. The van der Waals surface area contributed by atoms with Crippen molar-refractivity contribution in [2.75, 3.05) is 5.75 Å². The van der Waals surface area contributed by atoms with Crippen LogP contribution in [0.2, 0.25) is 0 Å². The zero-order chi connectivity index (χ0) is 15.1. The van der Waals surface area contributed by atoms with Crippen molar-refractivity contribution in [2.45, 2.75) is 11.8 Å².